The molecule has 1 saturated heterocycles. The zero-order chi connectivity index (χ0) is 27.4. The number of rotatable bonds is 8. The van der Waals surface area contributed by atoms with Gasteiger partial charge in [-0.2, -0.15) is 0 Å². The summed E-state index contributed by atoms with van der Waals surface area (Å²) in [5.41, 5.74) is 2.44. The van der Waals surface area contributed by atoms with Gasteiger partial charge in [-0.05, 0) is 82.9 Å². The third-order valence-corrected chi connectivity index (χ3v) is 11.7. The third-order valence-electron chi connectivity index (χ3n) is 7.86. The molecule has 2 fully saturated rings. The molecule has 0 spiro atoms. The lowest BCUT2D eigenvalue weighted by atomic mass is 9.81. The van der Waals surface area contributed by atoms with Gasteiger partial charge in [0.2, 0.25) is 15.9 Å². The summed E-state index contributed by atoms with van der Waals surface area (Å²) in [6.45, 7) is 3.47. The molecule has 208 valence electrons. The molecule has 1 aromatic heterocycles. The van der Waals surface area contributed by atoms with E-state index in [0.29, 0.717) is 23.8 Å². The van der Waals surface area contributed by atoms with Crippen molar-refractivity contribution in [2.45, 2.75) is 35.9 Å². The van der Waals surface area contributed by atoms with E-state index in [1.807, 2.05) is 23.1 Å². The van der Waals surface area contributed by atoms with Crippen LogP contribution in [0.1, 0.15) is 42.9 Å². The third kappa shape index (κ3) is 7.13. The van der Waals surface area contributed by atoms with Crippen molar-refractivity contribution in [1.82, 2.24) is 14.5 Å². The Labute approximate surface area is 248 Å². The number of sulfonamides is 1. The van der Waals surface area contributed by atoms with E-state index in [9.17, 15) is 13.2 Å². The highest BCUT2D eigenvalue weighted by Gasteiger charge is 2.33. The number of carbonyl (C=O) groups is 1. The summed E-state index contributed by atoms with van der Waals surface area (Å²) >= 11 is 10.7. The fourth-order valence-electron chi connectivity index (χ4n) is 5.71. The maximum absolute atomic E-state index is 13.4. The van der Waals surface area contributed by atoms with Crippen LogP contribution in [0.4, 0.5) is 0 Å². The topological polar surface area (TPSA) is 69.7 Å². The van der Waals surface area contributed by atoms with E-state index < -0.39 is 10.0 Å². The molecule has 39 heavy (non-hydrogen) atoms. The van der Waals surface area contributed by atoms with Gasteiger partial charge in [-0.15, -0.1) is 11.3 Å². The highest BCUT2D eigenvalue weighted by Crippen LogP contribution is 2.33. The Kier molecular flexibility index (Phi) is 9.46. The molecule has 1 unspecified atom stereocenters. The van der Waals surface area contributed by atoms with Crippen LogP contribution in [0.15, 0.2) is 74.7 Å². The van der Waals surface area contributed by atoms with Gasteiger partial charge in [-0.25, -0.2) is 13.1 Å². The molecule has 1 saturated carbocycles. The summed E-state index contributed by atoms with van der Waals surface area (Å²) in [5, 5.41) is 0.726. The fraction of sp³-hybridized carbons (Fsp3) is 0.414. The second-order valence-electron chi connectivity index (χ2n) is 10.4. The van der Waals surface area contributed by atoms with E-state index in [1.165, 1.54) is 22.5 Å². The highest BCUT2D eigenvalue weighted by atomic mass is 79.9. The number of nitrogens with zero attached hydrogens (tertiary/aromatic N) is 2. The van der Waals surface area contributed by atoms with Crippen LogP contribution < -0.4 is 4.72 Å². The van der Waals surface area contributed by atoms with E-state index in [0.717, 1.165) is 47.6 Å². The maximum atomic E-state index is 13.4. The zero-order valence-electron chi connectivity index (χ0n) is 21.6. The molecular weight excluding hydrogens is 618 g/mol. The molecule has 2 aliphatic rings. The number of benzene rings is 2. The lowest BCUT2D eigenvalue weighted by Crippen LogP contribution is -2.51. The number of piperazine rings is 1. The Bertz CT molecular complexity index is 1350. The molecular formula is C29H33BrClN3O3S2. The van der Waals surface area contributed by atoms with Gasteiger partial charge in [0, 0.05) is 43.7 Å². The molecule has 1 amide bonds. The Balaban J connectivity index is 1.13. The molecule has 0 bridgehead atoms. The summed E-state index contributed by atoms with van der Waals surface area (Å²) < 4.78 is 29.0. The smallest absolute Gasteiger partial charge is 0.250 e. The van der Waals surface area contributed by atoms with Gasteiger partial charge in [0.05, 0.1) is 9.83 Å². The molecule has 6 nitrogen and oxygen atoms in total. The van der Waals surface area contributed by atoms with E-state index >= 15 is 0 Å². The maximum Gasteiger partial charge on any atom is 0.250 e. The van der Waals surface area contributed by atoms with Crippen molar-refractivity contribution in [2.24, 2.45) is 11.8 Å². The van der Waals surface area contributed by atoms with Crippen molar-refractivity contribution in [2.75, 3.05) is 32.7 Å². The van der Waals surface area contributed by atoms with E-state index in [1.54, 1.807) is 12.1 Å². The summed E-state index contributed by atoms with van der Waals surface area (Å²) in [4.78, 5) is 17.9. The number of hydrogen-bond donors (Lipinski definition) is 1. The average molecular weight is 651 g/mol. The van der Waals surface area contributed by atoms with Crippen LogP contribution in [0.2, 0.25) is 5.02 Å². The molecule has 1 atom stereocenters. The minimum Gasteiger partial charge on any atom is -0.340 e. The Morgan fingerprint density at radius 1 is 0.923 bits per heavy atom. The van der Waals surface area contributed by atoms with E-state index in [-0.39, 0.29) is 23.8 Å². The van der Waals surface area contributed by atoms with E-state index in [2.05, 4.69) is 62.0 Å². The Hall–Kier alpha value is -1.75. The van der Waals surface area contributed by atoms with Gasteiger partial charge in [-0.3, -0.25) is 9.69 Å². The number of thiophene rings is 1. The molecule has 2 aromatic carbocycles. The monoisotopic (exact) mass is 649 g/mol. The first-order valence-electron chi connectivity index (χ1n) is 13.4. The van der Waals surface area contributed by atoms with Crippen LogP contribution in [0.5, 0.6) is 0 Å². The minimum atomic E-state index is -3.49. The molecule has 0 radical (unpaired) electrons. The summed E-state index contributed by atoms with van der Waals surface area (Å²) in [6, 6.07) is 22.0. The Morgan fingerprint density at radius 3 is 2.18 bits per heavy atom. The summed E-state index contributed by atoms with van der Waals surface area (Å²) in [5.74, 6) is 0.536. The van der Waals surface area contributed by atoms with Crippen LogP contribution in [0, 0.1) is 11.8 Å². The van der Waals surface area contributed by atoms with Crippen molar-refractivity contribution in [3.63, 3.8) is 0 Å². The van der Waals surface area contributed by atoms with Crippen molar-refractivity contribution >= 4 is 54.8 Å². The minimum absolute atomic E-state index is 0.0267. The predicted molar refractivity (Wildman–Crippen MR) is 161 cm³/mol. The van der Waals surface area contributed by atoms with Crippen molar-refractivity contribution in [3.8, 4) is 0 Å². The quantitative estimate of drug-likeness (QED) is 0.316. The molecule has 3 aromatic rings. The lowest BCUT2D eigenvalue weighted by Gasteiger charge is -2.41. The lowest BCUT2D eigenvalue weighted by molar-refractivity contribution is -0.138. The molecule has 1 aliphatic heterocycles. The summed E-state index contributed by atoms with van der Waals surface area (Å²) in [7, 11) is -3.49. The van der Waals surface area contributed by atoms with Crippen LogP contribution in [0.3, 0.4) is 0 Å². The number of nitrogens with one attached hydrogen (secondary N) is 1. The predicted octanol–water partition coefficient (Wildman–Crippen LogP) is 6.18. The highest BCUT2D eigenvalue weighted by molar-refractivity contribution is 9.11. The second-order valence-corrected chi connectivity index (χ2v) is 15.2. The Morgan fingerprint density at radius 2 is 1.56 bits per heavy atom. The molecule has 2 heterocycles. The van der Waals surface area contributed by atoms with Crippen LogP contribution in [0.25, 0.3) is 0 Å². The second kappa shape index (κ2) is 12.8. The molecule has 1 aliphatic carbocycles. The molecule has 1 N–H and O–H groups in total. The first-order chi connectivity index (χ1) is 18.8. The van der Waals surface area contributed by atoms with Gasteiger partial charge in [-0.1, -0.05) is 54.1 Å². The van der Waals surface area contributed by atoms with Crippen molar-refractivity contribution in [1.29, 1.82) is 0 Å². The molecule has 10 heteroatoms. The van der Waals surface area contributed by atoms with Crippen LogP contribution in [-0.4, -0.2) is 56.8 Å². The van der Waals surface area contributed by atoms with Crippen molar-refractivity contribution in [3.05, 3.63) is 86.7 Å². The van der Waals surface area contributed by atoms with E-state index in [4.69, 9.17) is 11.6 Å². The first kappa shape index (κ1) is 28.8. The standard InChI is InChI=1S/C29H33BrClN3O3S2/c30-26-14-15-27(38-26)39(36,37)32-20-21-6-8-24(9-7-21)29(35)34-18-16-33(17-19-34)28(22-4-2-1-3-5-22)23-10-12-25(31)13-11-23/h1-5,10-15,21,24,28,32H,6-9,16-20H2. The number of amides is 1. The van der Waals surface area contributed by atoms with Gasteiger partial charge in [0.25, 0.3) is 0 Å². The SMILES string of the molecule is O=C(C1CCC(CNS(=O)(=O)c2ccc(Br)s2)CC1)N1CCN(C(c2ccccc2)c2ccc(Cl)cc2)CC1. The first-order valence-corrected chi connectivity index (χ1v) is 16.9. The number of halogens is 2. The van der Waals surface area contributed by atoms with Gasteiger partial charge in [0.15, 0.2) is 0 Å². The van der Waals surface area contributed by atoms with Gasteiger partial charge < -0.3 is 4.90 Å². The van der Waals surface area contributed by atoms with Crippen LogP contribution in [-0.2, 0) is 14.8 Å². The normalized spacial score (nSPS) is 21.5. The fourth-order valence-corrected chi connectivity index (χ4v) is 9.00. The van der Waals surface area contributed by atoms with Crippen molar-refractivity contribution < 1.29 is 13.2 Å². The van der Waals surface area contributed by atoms with Gasteiger partial charge >= 0.3 is 0 Å². The van der Waals surface area contributed by atoms with Crippen LogP contribution >= 0.6 is 38.9 Å². The molecule has 5 rings (SSSR count). The number of carbonyl (C=O) groups excluding carboxylic acids is 1. The van der Waals surface area contributed by atoms with Gasteiger partial charge in [0.1, 0.15) is 4.21 Å². The summed E-state index contributed by atoms with van der Waals surface area (Å²) in [6.07, 6.45) is 3.35. The number of hydrogen-bond acceptors (Lipinski definition) is 5. The zero-order valence-corrected chi connectivity index (χ0v) is 25.6. The average Bonchev–Trinajstić information content (AvgIpc) is 3.41. The largest absolute Gasteiger partial charge is 0.340 e.